The molecule has 0 bridgehead atoms. The minimum Gasteiger partial charge on any atom is -0.455 e. The summed E-state index contributed by atoms with van der Waals surface area (Å²) in [5, 5.41) is 7.25. The van der Waals surface area contributed by atoms with Crippen LogP contribution >= 0.6 is 11.3 Å². The van der Waals surface area contributed by atoms with Crippen LogP contribution in [-0.2, 0) is 10.8 Å². The molecule has 0 N–H and O–H groups in total. The van der Waals surface area contributed by atoms with Crippen LogP contribution in [0.25, 0.3) is 75.1 Å². The molecule has 0 amide bonds. The lowest BCUT2D eigenvalue weighted by molar-refractivity contribution is 0.591. The van der Waals surface area contributed by atoms with Crippen LogP contribution in [0, 0.1) is 0 Å². The summed E-state index contributed by atoms with van der Waals surface area (Å²) in [5.74, 6) is 0. The van der Waals surface area contributed by atoms with E-state index in [2.05, 4.69) is 197 Å². The zero-order valence-electron chi connectivity index (χ0n) is 32.3. The Morgan fingerprint density at radius 1 is 0.518 bits per heavy atom. The standard InChI is InChI=1S/C53H41NOS/c1-52(2,3)33-22-25-39-40-26-23-35(31-49(40)56-48(39)29-33)54(34-24-27-45-43(30-34)37-15-8-10-19-44(37)53(45,4)5)46-28-21-32-13-6-7-14-36(32)50(46)42-18-12-17-41-38-16-9-11-20-47(38)55-51(41)42/h6-31H,1-5H3. The number of hydrogen-bond donors (Lipinski definition) is 0. The highest BCUT2D eigenvalue weighted by molar-refractivity contribution is 7.25. The van der Waals surface area contributed by atoms with Crippen LogP contribution < -0.4 is 4.90 Å². The van der Waals surface area contributed by atoms with Crippen molar-refractivity contribution >= 4 is 81.3 Å². The second-order valence-corrected chi connectivity index (χ2v) is 18.0. The number of thiophene rings is 1. The van der Waals surface area contributed by atoms with Gasteiger partial charge in [-0.25, -0.2) is 0 Å². The largest absolute Gasteiger partial charge is 0.455 e. The first-order valence-electron chi connectivity index (χ1n) is 19.6. The number of fused-ring (bicyclic) bond motifs is 10. The first-order chi connectivity index (χ1) is 27.1. The Balaban J connectivity index is 1.21. The van der Waals surface area contributed by atoms with Crippen molar-refractivity contribution in [3.63, 3.8) is 0 Å². The molecule has 2 heterocycles. The molecule has 2 aromatic heterocycles. The highest BCUT2D eigenvalue weighted by Crippen LogP contribution is 2.53. The predicted molar refractivity (Wildman–Crippen MR) is 240 cm³/mol. The molecule has 2 nitrogen and oxygen atoms in total. The smallest absolute Gasteiger partial charge is 0.143 e. The quantitative estimate of drug-likeness (QED) is 0.179. The highest BCUT2D eigenvalue weighted by Gasteiger charge is 2.36. The molecule has 0 saturated heterocycles. The van der Waals surface area contributed by atoms with E-state index in [-0.39, 0.29) is 10.8 Å². The second-order valence-electron chi connectivity index (χ2n) is 16.9. The Bertz CT molecular complexity index is 3220. The fourth-order valence-electron chi connectivity index (χ4n) is 9.32. The molecule has 0 aliphatic heterocycles. The van der Waals surface area contributed by atoms with Crippen molar-refractivity contribution in [2.24, 2.45) is 0 Å². The lowest BCUT2D eigenvalue weighted by atomic mass is 9.82. The first-order valence-corrected chi connectivity index (χ1v) is 20.4. The lowest BCUT2D eigenvalue weighted by Crippen LogP contribution is -2.15. The third-order valence-corrected chi connectivity index (χ3v) is 13.3. The summed E-state index contributed by atoms with van der Waals surface area (Å²) in [7, 11) is 0. The van der Waals surface area contributed by atoms with Gasteiger partial charge in [0.2, 0.25) is 0 Å². The molecule has 1 aliphatic carbocycles. The molecule has 56 heavy (non-hydrogen) atoms. The average Bonchev–Trinajstić information content (AvgIpc) is 3.85. The fourth-order valence-corrected chi connectivity index (χ4v) is 10.5. The zero-order valence-corrected chi connectivity index (χ0v) is 33.1. The Morgan fingerprint density at radius 2 is 1.18 bits per heavy atom. The third kappa shape index (κ3) is 4.87. The van der Waals surface area contributed by atoms with E-state index < -0.39 is 0 Å². The second kappa shape index (κ2) is 11.9. The van der Waals surface area contributed by atoms with Gasteiger partial charge < -0.3 is 9.32 Å². The van der Waals surface area contributed by atoms with Crippen LogP contribution in [0.5, 0.6) is 0 Å². The maximum Gasteiger partial charge on any atom is 0.143 e. The Labute approximate surface area is 331 Å². The van der Waals surface area contributed by atoms with Gasteiger partial charge in [0.15, 0.2) is 0 Å². The minimum atomic E-state index is -0.0811. The monoisotopic (exact) mass is 739 g/mol. The molecule has 10 aromatic rings. The van der Waals surface area contributed by atoms with E-state index >= 15 is 0 Å². The molecule has 1 aliphatic rings. The third-order valence-electron chi connectivity index (χ3n) is 12.2. The van der Waals surface area contributed by atoms with Crippen molar-refractivity contribution in [2.75, 3.05) is 4.90 Å². The molecule has 0 radical (unpaired) electrons. The summed E-state index contributed by atoms with van der Waals surface area (Å²) in [6, 6.07) is 58.5. The van der Waals surface area contributed by atoms with Crippen LogP contribution in [0.15, 0.2) is 162 Å². The van der Waals surface area contributed by atoms with Crippen molar-refractivity contribution in [3.05, 3.63) is 174 Å². The van der Waals surface area contributed by atoms with Gasteiger partial charge in [0.05, 0.1) is 5.69 Å². The number of benzene rings is 8. The maximum atomic E-state index is 6.76. The minimum absolute atomic E-state index is 0.0811. The summed E-state index contributed by atoms with van der Waals surface area (Å²) in [6.45, 7) is 11.6. The SMILES string of the molecule is CC(C)(C)c1ccc2c(c1)sc1cc(N(c3ccc4c(c3)-c3ccccc3C4(C)C)c3ccc4ccccc4c3-c3cccc4c3oc3ccccc34)ccc12. The van der Waals surface area contributed by atoms with Gasteiger partial charge in [0.25, 0.3) is 0 Å². The van der Waals surface area contributed by atoms with Gasteiger partial charge in [-0.1, -0.05) is 150 Å². The first kappa shape index (κ1) is 33.2. The molecule has 0 atom stereocenters. The lowest BCUT2D eigenvalue weighted by Gasteiger charge is -2.30. The van der Waals surface area contributed by atoms with Gasteiger partial charge in [0, 0.05) is 58.9 Å². The molecule has 11 rings (SSSR count). The van der Waals surface area contributed by atoms with Crippen molar-refractivity contribution in [1.29, 1.82) is 0 Å². The highest BCUT2D eigenvalue weighted by atomic mass is 32.1. The summed E-state index contributed by atoms with van der Waals surface area (Å²) in [4.78, 5) is 2.49. The number of anilines is 3. The van der Waals surface area contributed by atoms with Crippen molar-refractivity contribution in [2.45, 2.75) is 45.4 Å². The number of furan rings is 1. The summed E-state index contributed by atoms with van der Waals surface area (Å²) in [6.07, 6.45) is 0. The number of rotatable bonds is 4. The Morgan fingerprint density at radius 3 is 2.04 bits per heavy atom. The van der Waals surface area contributed by atoms with Gasteiger partial charge >= 0.3 is 0 Å². The van der Waals surface area contributed by atoms with Crippen LogP contribution in [0.2, 0.25) is 0 Å². The summed E-state index contributed by atoms with van der Waals surface area (Å²) >= 11 is 1.89. The fraction of sp³-hybridized carbons (Fsp3) is 0.132. The predicted octanol–water partition coefficient (Wildman–Crippen LogP) is 15.8. The summed E-state index contributed by atoms with van der Waals surface area (Å²) in [5.41, 5.74) is 14.1. The van der Waals surface area contributed by atoms with E-state index in [1.807, 2.05) is 11.3 Å². The van der Waals surface area contributed by atoms with Gasteiger partial charge in [-0.2, -0.15) is 0 Å². The van der Waals surface area contributed by atoms with Crippen molar-refractivity contribution in [1.82, 2.24) is 0 Å². The van der Waals surface area contributed by atoms with Crippen LogP contribution in [0.3, 0.4) is 0 Å². The van der Waals surface area contributed by atoms with E-state index in [9.17, 15) is 0 Å². The maximum absolute atomic E-state index is 6.76. The molecular formula is C53H41NOS. The Kier molecular flexibility index (Phi) is 7.07. The van der Waals surface area contributed by atoms with E-state index in [0.717, 1.165) is 50.1 Å². The van der Waals surface area contributed by atoms with E-state index in [1.165, 1.54) is 58.8 Å². The topological polar surface area (TPSA) is 16.4 Å². The molecule has 0 unspecified atom stereocenters. The normalized spacial score (nSPS) is 13.6. The molecule has 8 aromatic carbocycles. The molecule has 270 valence electrons. The number of para-hydroxylation sites is 2. The number of hydrogen-bond acceptors (Lipinski definition) is 3. The van der Waals surface area contributed by atoms with E-state index in [4.69, 9.17) is 4.42 Å². The van der Waals surface area contributed by atoms with E-state index in [1.54, 1.807) is 0 Å². The summed E-state index contributed by atoms with van der Waals surface area (Å²) < 4.78 is 9.37. The van der Waals surface area contributed by atoms with E-state index in [0.29, 0.717) is 0 Å². The number of nitrogens with zero attached hydrogens (tertiary/aromatic N) is 1. The average molecular weight is 740 g/mol. The van der Waals surface area contributed by atoms with Gasteiger partial charge in [0.1, 0.15) is 11.2 Å². The molecule has 0 spiro atoms. The molecule has 0 fully saturated rings. The molecular weight excluding hydrogens is 699 g/mol. The van der Waals surface area contributed by atoms with Crippen LogP contribution in [0.4, 0.5) is 17.1 Å². The van der Waals surface area contributed by atoms with Crippen molar-refractivity contribution < 1.29 is 4.42 Å². The van der Waals surface area contributed by atoms with Crippen LogP contribution in [-0.4, -0.2) is 0 Å². The van der Waals surface area contributed by atoms with Gasteiger partial charge in [-0.15, -0.1) is 11.3 Å². The van der Waals surface area contributed by atoms with Crippen LogP contribution in [0.1, 0.15) is 51.3 Å². The van der Waals surface area contributed by atoms with Gasteiger partial charge in [-0.05, 0) is 86.5 Å². The molecule has 0 saturated carbocycles. The van der Waals surface area contributed by atoms with Gasteiger partial charge in [-0.3, -0.25) is 0 Å². The zero-order chi connectivity index (χ0) is 37.9. The molecule has 3 heteroatoms. The van der Waals surface area contributed by atoms with Crippen molar-refractivity contribution in [3.8, 4) is 22.3 Å². The Hall–Kier alpha value is -6.16.